The molecule has 1 unspecified atom stereocenters. The maximum absolute atomic E-state index is 13.3. The number of hydrogen-bond acceptors (Lipinski definition) is 3. The topological polar surface area (TPSA) is 74.6 Å². The van der Waals surface area contributed by atoms with E-state index in [0.29, 0.717) is 13.0 Å². The number of hydrogen-bond donors (Lipinski definition) is 2. The normalized spacial score (nSPS) is 12.0. The Bertz CT molecular complexity index is 1190. The Labute approximate surface area is 228 Å². The highest BCUT2D eigenvalue weighted by Gasteiger charge is 2.25. The summed E-state index contributed by atoms with van der Waals surface area (Å²) >= 11 is 0. The minimum absolute atomic E-state index is 0.0133. The lowest BCUT2D eigenvalue weighted by atomic mass is 10.0. The number of nitrogens with zero attached hydrogens (tertiary/aromatic N) is 2. The first kappa shape index (κ1) is 29.3. The average Bonchev–Trinajstić information content (AvgIpc) is 3.16. The maximum atomic E-state index is 13.3. The number of nitrogens with one attached hydrogen (secondary N) is 1. The molecule has 206 valence electrons. The molecule has 3 rings (SSSR count). The van der Waals surface area contributed by atoms with Crippen LogP contribution >= 0.6 is 0 Å². The maximum Gasteiger partial charge on any atom is 0.244 e. The predicted molar refractivity (Wildman–Crippen MR) is 155 cm³/mol. The van der Waals surface area contributed by atoms with Gasteiger partial charge in [-0.25, -0.2) is 0 Å². The first-order valence-electron chi connectivity index (χ1n) is 14.2. The van der Waals surface area contributed by atoms with Gasteiger partial charge in [-0.1, -0.05) is 69.9 Å². The summed E-state index contributed by atoms with van der Waals surface area (Å²) in [4.78, 5) is 28.3. The van der Waals surface area contributed by atoms with E-state index < -0.39 is 6.04 Å². The highest BCUT2D eigenvalue weighted by Crippen LogP contribution is 2.30. The van der Waals surface area contributed by atoms with Crippen LogP contribution in [0.15, 0.2) is 48.5 Å². The van der Waals surface area contributed by atoms with Crippen molar-refractivity contribution in [2.75, 3.05) is 13.6 Å². The highest BCUT2D eigenvalue weighted by atomic mass is 16.3. The summed E-state index contributed by atoms with van der Waals surface area (Å²) in [7, 11) is 1.83. The monoisotopic (exact) mass is 519 g/mol. The van der Waals surface area contributed by atoms with Gasteiger partial charge >= 0.3 is 0 Å². The van der Waals surface area contributed by atoms with Crippen LogP contribution in [0.25, 0.3) is 10.9 Å². The third-order valence-corrected chi connectivity index (χ3v) is 7.42. The van der Waals surface area contributed by atoms with Crippen LogP contribution in [0.3, 0.4) is 0 Å². The van der Waals surface area contributed by atoms with Crippen LogP contribution in [0.1, 0.15) is 75.6 Å². The summed E-state index contributed by atoms with van der Waals surface area (Å²) in [5, 5.41) is 14.2. The van der Waals surface area contributed by atoms with Crippen LogP contribution < -0.4 is 5.32 Å². The number of benzene rings is 2. The fourth-order valence-electron chi connectivity index (χ4n) is 5.17. The van der Waals surface area contributed by atoms with Crippen LogP contribution in [0.4, 0.5) is 0 Å². The summed E-state index contributed by atoms with van der Waals surface area (Å²) in [6.07, 6.45) is 7.74. The average molecular weight is 520 g/mol. The molecule has 38 heavy (non-hydrogen) atoms. The van der Waals surface area contributed by atoms with E-state index in [9.17, 15) is 14.7 Å². The van der Waals surface area contributed by atoms with Gasteiger partial charge in [0, 0.05) is 36.7 Å². The SMILES string of the molecule is CCCCCC(NC(=O)Cc1c(C)n(CCCc2ccccc2)c2ccc(O)cc12)C(=O)N(C)CCCC. The molecule has 0 radical (unpaired) electrons. The number of fused-ring (bicyclic) bond motifs is 1. The summed E-state index contributed by atoms with van der Waals surface area (Å²) in [6, 6.07) is 15.3. The van der Waals surface area contributed by atoms with Crippen molar-refractivity contribution in [2.45, 2.75) is 91.1 Å². The van der Waals surface area contributed by atoms with Crippen LogP contribution in [0, 0.1) is 6.92 Å². The van der Waals surface area contributed by atoms with E-state index in [4.69, 9.17) is 0 Å². The highest BCUT2D eigenvalue weighted by molar-refractivity contribution is 5.93. The number of aromatic hydroxyl groups is 1. The second kappa shape index (κ2) is 14.6. The fraction of sp³-hybridized carbons (Fsp3) is 0.500. The molecule has 0 saturated carbocycles. The first-order valence-corrected chi connectivity index (χ1v) is 14.2. The van der Waals surface area contributed by atoms with Gasteiger partial charge in [-0.05, 0) is 61.9 Å². The Balaban J connectivity index is 1.77. The van der Waals surface area contributed by atoms with Gasteiger partial charge in [-0.2, -0.15) is 0 Å². The number of carbonyl (C=O) groups is 2. The fourth-order valence-corrected chi connectivity index (χ4v) is 5.17. The number of aromatic nitrogens is 1. The van der Waals surface area contributed by atoms with E-state index in [1.54, 1.807) is 17.0 Å². The molecule has 0 fully saturated rings. The third kappa shape index (κ3) is 7.86. The molecule has 0 bridgehead atoms. The van der Waals surface area contributed by atoms with Crippen molar-refractivity contribution in [1.82, 2.24) is 14.8 Å². The van der Waals surface area contributed by atoms with E-state index in [-0.39, 0.29) is 24.0 Å². The summed E-state index contributed by atoms with van der Waals surface area (Å²) in [5.41, 5.74) is 4.27. The molecule has 6 heteroatoms. The molecule has 2 aromatic carbocycles. The third-order valence-electron chi connectivity index (χ3n) is 7.42. The molecule has 2 N–H and O–H groups in total. The van der Waals surface area contributed by atoms with Gasteiger partial charge in [-0.3, -0.25) is 9.59 Å². The van der Waals surface area contributed by atoms with Crippen molar-refractivity contribution in [2.24, 2.45) is 0 Å². The molecule has 1 atom stereocenters. The van der Waals surface area contributed by atoms with Crippen LogP contribution in [-0.4, -0.2) is 46.0 Å². The zero-order valence-electron chi connectivity index (χ0n) is 23.6. The molecule has 1 heterocycles. The molecular formula is C32H45N3O3. The van der Waals surface area contributed by atoms with Crippen LogP contribution in [-0.2, 0) is 29.0 Å². The van der Waals surface area contributed by atoms with E-state index >= 15 is 0 Å². The summed E-state index contributed by atoms with van der Waals surface area (Å²) < 4.78 is 2.25. The number of likely N-dealkylation sites (N-methyl/N-ethyl adjacent to an activating group) is 1. The summed E-state index contributed by atoms with van der Waals surface area (Å²) in [6.45, 7) is 7.81. The van der Waals surface area contributed by atoms with Crippen LogP contribution in [0.5, 0.6) is 5.75 Å². The van der Waals surface area contributed by atoms with Crippen molar-refractivity contribution in [3.8, 4) is 5.75 Å². The Hall–Kier alpha value is -3.28. The molecule has 0 aliphatic heterocycles. The van der Waals surface area contributed by atoms with Gasteiger partial charge in [0.25, 0.3) is 0 Å². The molecular weight excluding hydrogens is 474 g/mol. The Morgan fingerprint density at radius 3 is 2.45 bits per heavy atom. The zero-order chi connectivity index (χ0) is 27.5. The number of unbranched alkanes of at least 4 members (excludes halogenated alkanes) is 3. The lowest BCUT2D eigenvalue weighted by Crippen LogP contribution is -2.48. The first-order chi connectivity index (χ1) is 18.3. The van der Waals surface area contributed by atoms with Crippen molar-refractivity contribution in [1.29, 1.82) is 0 Å². The predicted octanol–water partition coefficient (Wildman–Crippen LogP) is 6.15. The van der Waals surface area contributed by atoms with Crippen molar-refractivity contribution in [3.63, 3.8) is 0 Å². The number of aryl methyl sites for hydroxylation is 2. The van der Waals surface area contributed by atoms with E-state index in [0.717, 1.165) is 73.7 Å². The minimum Gasteiger partial charge on any atom is -0.508 e. The van der Waals surface area contributed by atoms with Crippen molar-refractivity contribution in [3.05, 3.63) is 65.4 Å². The van der Waals surface area contributed by atoms with E-state index in [1.807, 2.05) is 26.1 Å². The van der Waals surface area contributed by atoms with Gasteiger partial charge in [0.2, 0.25) is 11.8 Å². The van der Waals surface area contributed by atoms with Gasteiger partial charge in [0.15, 0.2) is 0 Å². The molecule has 0 aliphatic carbocycles. The Morgan fingerprint density at radius 1 is 1.00 bits per heavy atom. The number of phenolic OH excluding ortho intramolecular Hbond substituents is 1. The smallest absolute Gasteiger partial charge is 0.244 e. The van der Waals surface area contributed by atoms with Gasteiger partial charge in [0.05, 0.1) is 6.42 Å². The second-order valence-electron chi connectivity index (χ2n) is 10.4. The molecule has 1 aromatic heterocycles. The molecule has 0 saturated heterocycles. The lowest BCUT2D eigenvalue weighted by Gasteiger charge is -2.25. The minimum atomic E-state index is -0.510. The molecule has 6 nitrogen and oxygen atoms in total. The number of phenols is 1. The molecule has 2 amide bonds. The standard InChI is InChI=1S/C32H45N3O3/c1-5-7-10-17-29(32(38)34(4)20-8-6-2)33-31(37)23-27-24(3)35(30-19-18-26(36)22-28(27)30)21-13-16-25-14-11-9-12-15-25/h9,11-12,14-15,18-19,22,29,36H,5-8,10,13,16-17,20-21,23H2,1-4H3,(H,33,37). The lowest BCUT2D eigenvalue weighted by molar-refractivity contribution is -0.135. The van der Waals surface area contributed by atoms with Crippen molar-refractivity contribution < 1.29 is 14.7 Å². The Morgan fingerprint density at radius 2 is 1.74 bits per heavy atom. The molecule has 3 aromatic rings. The molecule has 0 aliphatic rings. The second-order valence-corrected chi connectivity index (χ2v) is 10.4. The zero-order valence-corrected chi connectivity index (χ0v) is 23.6. The quantitative estimate of drug-likeness (QED) is 0.236. The number of rotatable bonds is 15. The van der Waals surface area contributed by atoms with Gasteiger partial charge < -0.3 is 19.9 Å². The Kier molecular flexibility index (Phi) is 11.3. The number of carbonyl (C=O) groups excluding carboxylic acids is 2. The van der Waals surface area contributed by atoms with Gasteiger partial charge in [-0.15, -0.1) is 0 Å². The number of amides is 2. The van der Waals surface area contributed by atoms with E-state index in [2.05, 4.69) is 48.0 Å². The largest absolute Gasteiger partial charge is 0.508 e. The van der Waals surface area contributed by atoms with Crippen molar-refractivity contribution >= 4 is 22.7 Å². The van der Waals surface area contributed by atoms with Crippen LogP contribution in [0.2, 0.25) is 0 Å². The summed E-state index contributed by atoms with van der Waals surface area (Å²) in [5.74, 6) is 0.0184. The van der Waals surface area contributed by atoms with E-state index in [1.165, 1.54) is 5.56 Å². The van der Waals surface area contributed by atoms with Gasteiger partial charge in [0.1, 0.15) is 11.8 Å². The molecule has 0 spiro atoms.